The zero-order valence-corrected chi connectivity index (χ0v) is 39.5. The molecule has 0 aromatic heterocycles. The van der Waals surface area contributed by atoms with Crippen LogP contribution in [-0.4, -0.2) is 0 Å². The van der Waals surface area contributed by atoms with Crippen LogP contribution >= 0.6 is 31.9 Å². The van der Waals surface area contributed by atoms with Crippen LogP contribution in [0.4, 0.5) is 34.1 Å². The average Bonchev–Trinajstić information content (AvgIpc) is 3.30. The maximum atomic E-state index is 3.69. The topological polar surface area (TPSA) is 6.48 Å². The van der Waals surface area contributed by atoms with Crippen molar-refractivity contribution >= 4 is 87.5 Å². The zero-order valence-electron chi connectivity index (χ0n) is 36.3. The molecule has 0 unspecified atom stereocenters. The van der Waals surface area contributed by atoms with Crippen LogP contribution in [0.2, 0.25) is 0 Å². The molecule has 0 heterocycles. The van der Waals surface area contributed by atoms with Gasteiger partial charge in [-0.2, -0.15) is 0 Å². The summed E-state index contributed by atoms with van der Waals surface area (Å²) in [6.45, 7) is 8.77. The third-order valence-corrected chi connectivity index (χ3v) is 13.3. The van der Waals surface area contributed by atoms with Gasteiger partial charge in [-0.3, -0.25) is 0 Å². The number of halogens is 2. The van der Waals surface area contributed by atoms with E-state index in [1.54, 1.807) is 0 Å². The minimum Gasteiger partial charge on any atom is -0.310 e. The summed E-state index contributed by atoms with van der Waals surface area (Å²) in [6.07, 6.45) is 0. The molecule has 0 aliphatic carbocycles. The molecule has 64 heavy (non-hydrogen) atoms. The minimum absolute atomic E-state index is 1.05. The van der Waals surface area contributed by atoms with E-state index in [1.807, 2.05) is 0 Å². The lowest BCUT2D eigenvalue weighted by Gasteiger charge is -2.26. The summed E-state index contributed by atoms with van der Waals surface area (Å²) in [4.78, 5) is 4.63. The SMILES string of the molecule is Cc1cccc(N(c2ccc(-c3ccc4c(-c5c(C)ccc6cc(-c7ccc(N(c8cccc(C)c8)c8cccc(Br)c8)cc7)ccc56)c(C)ccc4c3)cc2)c2cccc(Br)c2)c1. The third-order valence-electron chi connectivity index (χ3n) is 12.3. The summed E-state index contributed by atoms with van der Waals surface area (Å²) in [5.74, 6) is 0. The van der Waals surface area contributed by atoms with Gasteiger partial charge >= 0.3 is 0 Å². The fourth-order valence-electron chi connectivity index (χ4n) is 9.17. The molecule has 4 heteroatoms. The lowest BCUT2D eigenvalue weighted by atomic mass is 9.86. The summed E-state index contributed by atoms with van der Waals surface area (Å²) in [7, 11) is 0. The highest BCUT2D eigenvalue weighted by Crippen LogP contribution is 2.43. The molecule has 0 aliphatic heterocycles. The van der Waals surface area contributed by atoms with Gasteiger partial charge in [0.2, 0.25) is 0 Å². The summed E-state index contributed by atoms with van der Waals surface area (Å²) < 4.78 is 2.10. The smallest absolute Gasteiger partial charge is 0.0472 e. The highest BCUT2D eigenvalue weighted by atomic mass is 79.9. The van der Waals surface area contributed by atoms with Crippen LogP contribution in [0.1, 0.15) is 22.3 Å². The summed E-state index contributed by atoms with van der Waals surface area (Å²) in [5.41, 5.74) is 19.0. The Morgan fingerprint density at radius 2 is 0.656 bits per heavy atom. The fraction of sp³-hybridized carbons (Fsp3) is 0.0667. The number of anilines is 6. The van der Waals surface area contributed by atoms with Gasteiger partial charge in [-0.05, 0) is 202 Å². The van der Waals surface area contributed by atoms with Crippen molar-refractivity contribution in [3.8, 4) is 33.4 Å². The number of hydrogen-bond donors (Lipinski definition) is 0. The maximum Gasteiger partial charge on any atom is 0.0472 e. The van der Waals surface area contributed by atoms with E-state index in [1.165, 1.54) is 77.2 Å². The van der Waals surface area contributed by atoms with E-state index in [4.69, 9.17) is 0 Å². The van der Waals surface area contributed by atoms with Crippen LogP contribution in [0.5, 0.6) is 0 Å². The molecule has 10 aromatic carbocycles. The number of nitrogens with zero attached hydrogens (tertiary/aromatic N) is 2. The first-order valence-electron chi connectivity index (χ1n) is 21.7. The second kappa shape index (κ2) is 17.4. The molecule has 0 radical (unpaired) electrons. The Balaban J connectivity index is 0.976. The second-order valence-corrected chi connectivity index (χ2v) is 18.6. The Bertz CT molecular complexity index is 3040. The quantitative estimate of drug-likeness (QED) is 0.142. The Labute approximate surface area is 393 Å². The van der Waals surface area contributed by atoms with Gasteiger partial charge in [-0.15, -0.1) is 0 Å². The zero-order chi connectivity index (χ0) is 43.9. The first-order chi connectivity index (χ1) is 31.2. The van der Waals surface area contributed by atoms with Gasteiger partial charge in [0.25, 0.3) is 0 Å². The van der Waals surface area contributed by atoms with Crippen LogP contribution in [0.15, 0.2) is 215 Å². The molecule has 310 valence electrons. The molecular formula is C60H46Br2N2. The summed E-state index contributed by atoms with van der Waals surface area (Å²) in [6, 6.07) is 75.2. The van der Waals surface area contributed by atoms with Gasteiger partial charge in [-0.25, -0.2) is 0 Å². The van der Waals surface area contributed by atoms with Crippen LogP contribution in [0, 0.1) is 27.7 Å². The Hall–Kier alpha value is -6.72. The van der Waals surface area contributed by atoms with E-state index < -0.39 is 0 Å². The van der Waals surface area contributed by atoms with Crippen molar-refractivity contribution < 1.29 is 0 Å². The Morgan fingerprint density at radius 3 is 1.03 bits per heavy atom. The number of fused-ring (bicyclic) bond motifs is 2. The van der Waals surface area contributed by atoms with E-state index in [-0.39, 0.29) is 0 Å². The molecule has 0 bridgehead atoms. The van der Waals surface area contributed by atoms with E-state index in [0.717, 1.165) is 43.1 Å². The van der Waals surface area contributed by atoms with Gasteiger partial charge in [-0.1, -0.05) is 141 Å². The van der Waals surface area contributed by atoms with Crippen LogP contribution in [-0.2, 0) is 0 Å². The van der Waals surface area contributed by atoms with Crippen molar-refractivity contribution in [2.45, 2.75) is 27.7 Å². The van der Waals surface area contributed by atoms with Crippen molar-refractivity contribution in [2.24, 2.45) is 0 Å². The molecule has 0 atom stereocenters. The molecule has 10 rings (SSSR count). The van der Waals surface area contributed by atoms with Crippen molar-refractivity contribution in [2.75, 3.05) is 9.80 Å². The average molecular weight is 955 g/mol. The number of hydrogen-bond acceptors (Lipinski definition) is 2. The molecule has 0 fully saturated rings. The predicted octanol–water partition coefficient (Wildman–Crippen LogP) is 18.7. The predicted molar refractivity (Wildman–Crippen MR) is 281 cm³/mol. The number of aryl methyl sites for hydroxylation is 4. The standard InChI is InChI=1S/C60H46Br2N2/c1-39-9-5-13-53(33-39)63(55-15-7-11-49(61)37-55)51-27-21-43(22-28-51)45-25-31-57-47(35-45)19-17-41(3)59(57)60-42(4)18-20-48-36-46(26-32-58(48)60)44-23-29-52(30-24-44)64(54-14-6-10-40(2)34-54)56-16-8-12-50(62)38-56/h5-38H,1-4H3. The van der Waals surface area contributed by atoms with Gasteiger partial charge < -0.3 is 9.80 Å². The molecule has 0 N–H and O–H groups in total. The Kier molecular flexibility index (Phi) is 11.3. The monoisotopic (exact) mass is 952 g/mol. The van der Waals surface area contributed by atoms with Crippen LogP contribution in [0.3, 0.4) is 0 Å². The first kappa shape index (κ1) is 41.3. The van der Waals surface area contributed by atoms with E-state index >= 15 is 0 Å². The van der Waals surface area contributed by atoms with Crippen molar-refractivity contribution in [3.63, 3.8) is 0 Å². The minimum atomic E-state index is 1.05. The number of benzene rings is 10. The number of rotatable bonds is 9. The molecule has 2 nitrogen and oxygen atoms in total. The molecule has 0 saturated heterocycles. The molecule has 0 saturated carbocycles. The molecule has 0 amide bonds. The van der Waals surface area contributed by atoms with Crippen molar-refractivity contribution in [1.82, 2.24) is 0 Å². The van der Waals surface area contributed by atoms with Gasteiger partial charge in [0.1, 0.15) is 0 Å². The van der Waals surface area contributed by atoms with E-state index in [9.17, 15) is 0 Å². The second-order valence-electron chi connectivity index (χ2n) is 16.8. The molecule has 10 aromatic rings. The first-order valence-corrected chi connectivity index (χ1v) is 23.3. The lowest BCUT2D eigenvalue weighted by Crippen LogP contribution is -2.10. The summed E-state index contributed by atoms with van der Waals surface area (Å²) in [5, 5.41) is 4.99. The highest BCUT2D eigenvalue weighted by molar-refractivity contribution is 9.10. The van der Waals surface area contributed by atoms with Gasteiger partial charge in [0.15, 0.2) is 0 Å². The Morgan fingerprint density at radius 1 is 0.297 bits per heavy atom. The van der Waals surface area contributed by atoms with Crippen molar-refractivity contribution in [1.29, 1.82) is 0 Å². The van der Waals surface area contributed by atoms with Crippen molar-refractivity contribution in [3.05, 3.63) is 237 Å². The fourth-order valence-corrected chi connectivity index (χ4v) is 9.94. The lowest BCUT2D eigenvalue weighted by molar-refractivity contribution is 1.27. The molecule has 0 spiro atoms. The van der Waals surface area contributed by atoms with E-state index in [0.29, 0.717) is 0 Å². The van der Waals surface area contributed by atoms with Crippen LogP contribution < -0.4 is 9.80 Å². The third kappa shape index (κ3) is 8.16. The molecule has 0 aliphatic rings. The van der Waals surface area contributed by atoms with Gasteiger partial charge in [0, 0.05) is 43.1 Å². The largest absolute Gasteiger partial charge is 0.310 e. The highest BCUT2D eigenvalue weighted by Gasteiger charge is 2.18. The maximum absolute atomic E-state index is 3.69. The van der Waals surface area contributed by atoms with Gasteiger partial charge in [0.05, 0.1) is 0 Å². The molecular weight excluding hydrogens is 908 g/mol. The van der Waals surface area contributed by atoms with E-state index in [2.05, 4.69) is 276 Å². The normalized spacial score (nSPS) is 11.3. The summed E-state index contributed by atoms with van der Waals surface area (Å²) >= 11 is 7.39. The van der Waals surface area contributed by atoms with Crippen LogP contribution in [0.25, 0.3) is 54.9 Å².